The Morgan fingerprint density at radius 1 is 1.15 bits per heavy atom. The van der Waals surface area contributed by atoms with Crippen molar-refractivity contribution in [3.8, 4) is 0 Å². The third-order valence-electron chi connectivity index (χ3n) is 4.94. The molecule has 0 spiro atoms. The molecule has 0 aromatic carbocycles. The number of rotatable bonds is 6. The zero-order valence-corrected chi connectivity index (χ0v) is 13.6. The van der Waals surface area contributed by atoms with Crippen LogP contribution in [0, 0.1) is 5.92 Å². The summed E-state index contributed by atoms with van der Waals surface area (Å²) in [5.41, 5.74) is 0. The number of ether oxygens (including phenoxy) is 1. The van der Waals surface area contributed by atoms with E-state index in [-0.39, 0.29) is 0 Å². The van der Waals surface area contributed by atoms with Gasteiger partial charge in [-0.25, -0.2) is 0 Å². The Kier molecular flexibility index (Phi) is 7.32. The number of morpholine rings is 1. The highest BCUT2D eigenvalue weighted by atomic mass is 16.5. The van der Waals surface area contributed by atoms with E-state index in [1.807, 2.05) is 0 Å². The van der Waals surface area contributed by atoms with Crippen LogP contribution in [0.15, 0.2) is 0 Å². The van der Waals surface area contributed by atoms with Crippen LogP contribution in [-0.2, 0) is 4.74 Å². The van der Waals surface area contributed by atoms with Gasteiger partial charge in [-0.1, -0.05) is 32.6 Å². The molecular formula is C17H34N2O. The second-order valence-electron chi connectivity index (χ2n) is 6.84. The van der Waals surface area contributed by atoms with Gasteiger partial charge in [-0.15, -0.1) is 0 Å². The minimum Gasteiger partial charge on any atom is -0.379 e. The summed E-state index contributed by atoms with van der Waals surface area (Å²) in [6.07, 6.45) is 9.89. The average molecular weight is 282 g/mol. The highest BCUT2D eigenvalue weighted by Crippen LogP contribution is 2.26. The minimum atomic E-state index is 0.612. The third kappa shape index (κ3) is 5.71. The normalized spacial score (nSPS) is 30.9. The summed E-state index contributed by atoms with van der Waals surface area (Å²) in [5, 5.41) is 3.89. The van der Waals surface area contributed by atoms with Crippen molar-refractivity contribution in [3.05, 3.63) is 0 Å². The van der Waals surface area contributed by atoms with Crippen LogP contribution in [0.4, 0.5) is 0 Å². The summed E-state index contributed by atoms with van der Waals surface area (Å²) in [5.74, 6) is 1.00. The molecule has 20 heavy (non-hydrogen) atoms. The second kappa shape index (κ2) is 9.01. The molecule has 1 heterocycles. The van der Waals surface area contributed by atoms with E-state index in [2.05, 4.69) is 24.1 Å². The average Bonchev–Trinajstić information content (AvgIpc) is 2.66. The third-order valence-corrected chi connectivity index (χ3v) is 4.94. The Morgan fingerprint density at radius 3 is 2.70 bits per heavy atom. The molecular weight excluding hydrogens is 248 g/mol. The summed E-state index contributed by atoms with van der Waals surface area (Å²) < 4.78 is 5.42. The molecule has 1 saturated carbocycles. The quantitative estimate of drug-likeness (QED) is 0.758. The van der Waals surface area contributed by atoms with E-state index in [0.29, 0.717) is 6.04 Å². The first-order chi connectivity index (χ1) is 9.78. The van der Waals surface area contributed by atoms with E-state index in [0.717, 1.165) is 38.3 Å². The summed E-state index contributed by atoms with van der Waals surface area (Å²) in [6, 6.07) is 1.37. The van der Waals surface area contributed by atoms with E-state index >= 15 is 0 Å². The Bertz CT molecular complexity index is 253. The van der Waals surface area contributed by atoms with Crippen molar-refractivity contribution in [2.24, 2.45) is 5.92 Å². The minimum absolute atomic E-state index is 0.612. The summed E-state index contributed by atoms with van der Waals surface area (Å²) in [6.45, 7) is 9.89. The maximum atomic E-state index is 5.42. The van der Waals surface area contributed by atoms with Crippen molar-refractivity contribution < 1.29 is 4.74 Å². The van der Waals surface area contributed by atoms with Gasteiger partial charge < -0.3 is 10.1 Å². The van der Waals surface area contributed by atoms with Crippen LogP contribution in [0.25, 0.3) is 0 Å². The topological polar surface area (TPSA) is 24.5 Å². The van der Waals surface area contributed by atoms with Crippen LogP contribution < -0.4 is 5.32 Å². The van der Waals surface area contributed by atoms with Gasteiger partial charge in [0, 0.05) is 31.7 Å². The van der Waals surface area contributed by atoms with Gasteiger partial charge in [0.1, 0.15) is 0 Å². The van der Waals surface area contributed by atoms with E-state index in [4.69, 9.17) is 4.74 Å². The molecule has 3 heteroatoms. The molecule has 0 aromatic rings. The van der Waals surface area contributed by atoms with Crippen LogP contribution in [-0.4, -0.2) is 49.8 Å². The molecule has 118 valence electrons. The second-order valence-corrected chi connectivity index (χ2v) is 6.84. The van der Waals surface area contributed by atoms with Gasteiger partial charge in [-0.2, -0.15) is 0 Å². The van der Waals surface area contributed by atoms with Crippen molar-refractivity contribution in [3.63, 3.8) is 0 Å². The lowest BCUT2D eigenvalue weighted by molar-refractivity contribution is 0.0337. The van der Waals surface area contributed by atoms with Gasteiger partial charge in [0.15, 0.2) is 0 Å². The lowest BCUT2D eigenvalue weighted by Gasteiger charge is -2.31. The fourth-order valence-electron chi connectivity index (χ4n) is 3.87. The monoisotopic (exact) mass is 282 g/mol. The Balaban J connectivity index is 1.66. The molecule has 3 unspecified atom stereocenters. The first kappa shape index (κ1) is 16.3. The first-order valence-electron chi connectivity index (χ1n) is 8.84. The molecule has 0 bridgehead atoms. The molecule has 2 fully saturated rings. The van der Waals surface area contributed by atoms with Gasteiger partial charge in [-0.3, -0.25) is 4.90 Å². The van der Waals surface area contributed by atoms with Gasteiger partial charge >= 0.3 is 0 Å². The molecule has 3 nitrogen and oxygen atoms in total. The van der Waals surface area contributed by atoms with Gasteiger partial charge in [0.2, 0.25) is 0 Å². The predicted molar refractivity (Wildman–Crippen MR) is 85.1 cm³/mol. The molecule has 3 atom stereocenters. The van der Waals surface area contributed by atoms with Crippen LogP contribution in [0.1, 0.15) is 58.8 Å². The molecule has 0 aromatic heterocycles. The SMILES string of the molecule is CCCC1CCCC(NC(C)CN2CCOCC2)CC1. The zero-order chi connectivity index (χ0) is 14.2. The van der Waals surface area contributed by atoms with Crippen molar-refractivity contribution >= 4 is 0 Å². The molecule has 1 aliphatic heterocycles. The van der Waals surface area contributed by atoms with Crippen molar-refractivity contribution in [2.75, 3.05) is 32.8 Å². The Labute approximate surface area is 125 Å². The lowest BCUT2D eigenvalue weighted by atomic mass is 9.95. The Hall–Kier alpha value is -0.120. The fraction of sp³-hybridized carbons (Fsp3) is 1.00. The van der Waals surface area contributed by atoms with Crippen molar-refractivity contribution in [2.45, 2.75) is 70.9 Å². The van der Waals surface area contributed by atoms with Crippen LogP contribution >= 0.6 is 0 Å². The van der Waals surface area contributed by atoms with Crippen LogP contribution in [0.5, 0.6) is 0 Å². The Morgan fingerprint density at radius 2 is 1.95 bits per heavy atom. The summed E-state index contributed by atoms with van der Waals surface area (Å²) in [7, 11) is 0. The maximum Gasteiger partial charge on any atom is 0.0594 e. The van der Waals surface area contributed by atoms with Gasteiger partial charge in [-0.05, 0) is 32.1 Å². The van der Waals surface area contributed by atoms with Crippen molar-refractivity contribution in [1.82, 2.24) is 10.2 Å². The molecule has 2 rings (SSSR count). The number of nitrogens with one attached hydrogen (secondary N) is 1. The molecule has 0 radical (unpaired) electrons. The highest BCUT2D eigenvalue weighted by Gasteiger charge is 2.20. The highest BCUT2D eigenvalue weighted by molar-refractivity contribution is 4.79. The molecule has 1 aliphatic carbocycles. The van der Waals surface area contributed by atoms with Crippen LogP contribution in [0.2, 0.25) is 0 Å². The standard InChI is InChI=1S/C17H34N2O/c1-3-5-16-6-4-7-17(9-8-16)18-15(2)14-19-10-12-20-13-11-19/h15-18H,3-14H2,1-2H3. The largest absolute Gasteiger partial charge is 0.379 e. The first-order valence-corrected chi connectivity index (χ1v) is 8.84. The van der Waals surface area contributed by atoms with E-state index in [1.165, 1.54) is 51.5 Å². The lowest BCUT2D eigenvalue weighted by Crippen LogP contribution is -2.47. The van der Waals surface area contributed by atoms with Gasteiger partial charge in [0.05, 0.1) is 13.2 Å². The molecule has 1 N–H and O–H groups in total. The molecule has 0 amide bonds. The fourth-order valence-corrected chi connectivity index (χ4v) is 3.87. The predicted octanol–water partition coefficient (Wildman–Crippen LogP) is 3.05. The maximum absolute atomic E-state index is 5.42. The van der Waals surface area contributed by atoms with E-state index in [1.54, 1.807) is 0 Å². The van der Waals surface area contributed by atoms with Gasteiger partial charge in [0.25, 0.3) is 0 Å². The number of hydrogen-bond acceptors (Lipinski definition) is 3. The van der Waals surface area contributed by atoms with E-state index < -0.39 is 0 Å². The summed E-state index contributed by atoms with van der Waals surface area (Å²) in [4.78, 5) is 2.54. The summed E-state index contributed by atoms with van der Waals surface area (Å²) >= 11 is 0. The van der Waals surface area contributed by atoms with Crippen LogP contribution in [0.3, 0.4) is 0 Å². The smallest absolute Gasteiger partial charge is 0.0594 e. The van der Waals surface area contributed by atoms with Crippen molar-refractivity contribution in [1.29, 1.82) is 0 Å². The zero-order valence-electron chi connectivity index (χ0n) is 13.6. The number of nitrogens with zero attached hydrogens (tertiary/aromatic N) is 1. The number of hydrogen-bond donors (Lipinski definition) is 1. The molecule has 2 aliphatic rings. The van der Waals surface area contributed by atoms with E-state index in [9.17, 15) is 0 Å². The molecule has 1 saturated heterocycles.